The molecule has 0 aliphatic carbocycles. The summed E-state index contributed by atoms with van der Waals surface area (Å²) in [7, 11) is 0. The van der Waals surface area contributed by atoms with Crippen LogP contribution in [0.5, 0.6) is 0 Å². The van der Waals surface area contributed by atoms with Gasteiger partial charge in [-0.2, -0.15) is 5.10 Å². The molecule has 21 heavy (non-hydrogen) atoms. The van der Waals surface area contributed by atoms with E-state index in [-0.39, 0.29) is 0 Å². The largest absolute Gasteiger partial charge is 0.309 e. The molecule has 0 bridgehead atoms. The molecule has 1 aromatic heterocycles. The molecule has 3 nitrogen and oxygen atoms in total. The lowest BCUT2D eigenvalue weighted by molar-refractivity contribution is 0.575. The van der Waals surface area contributed by atoms with Gasteiger partial charge in [0.2, 0.25) is 0 Å². The molecule has 4 heteroatoms. The van der Waals surface area contributed by atoms with Gasteiger partial charge in [-0.1, -0.05) is 24.6 Å². The van der Waals surface area contributed by atoms with Gasteiger partial charge in [-0.05, 0) is 38.9 Å². The molecule has 0 aliphatic heterocycles. The van der Waals surface area contributed by atoms with Crippen molar-refractivity contribution in [2.24, 2.45) is 0 Å². The molecule has 2 rings (SSSR count). The Morgan fingerprint density at radius 2 is 2.19 bits per heavy atom. The summed E-state index contributed by atoms with van der Waals surface area (Å²) in [5.41, 5.74) is 2.60. The molecule has 1 N–H and O–H groups in total. The number of rotatable bonds is 8. The second-order valence-electron chi connectivity index (χ2n) is 5.26. The van der Waals surface area contributed by atoms with Gasteiger partial charge in [-0.3, -0.25) is 4.68 Å². The van der Waals surface area contributed by atoms with E-state index >= 15 is 0 Å². The molecule has 1 atom stereocenters. The molecule has 0 aliphatic rings. The Bertz CT molecular complexity index is 550. The number of thioether (sulfide) groups is 1. The van der Waals surface area contributed by atoms with Crippen LogP contribution in [0.15, 0.2) is 41.6 Å². The Balaban J connectivity index is 2.02. The SMILES string of the molecule is CCCNC(CSc1cccc(C)c1)c1cnn(CC)c1. The van der Waals surface area contributed by atoms with Gasteiger partial charge >= 0.3 is 0 Å². The Morgan fingerprint density at radius 3 is 2.86 bits per heavy atom. The van der Waals surface area contributed by atoms with Crippen LogP contribution in [0.4, 0.5) is 0 Å². The number of hydrogen-bond acceptors (Lipinski definition) is 3. The fourth-order valence-corrected chi connectivity index (χ4v) is 3.32. The minimum absolute atomic E-state index is 0.357. The van der Waals surface area contributed by atoms with Gasteiger partial charge < -0.3 is 5.32 Å². The van der Waals surface area contributed by atoms with Crippen LogP contribution in [0.1, 0.15) is 37.4 Å². The smallest absolute Gasteiger partial charge is 0.0537 e. The summed E-state index contributed by atoms with van der Waals surface area (Å²) in [6.45, 7) is 8.42. The molecular weight excluding hydrogens is 278 g/mol. The zero-order valence-corrected chi connectivity index (χ0v) is 14.0. The third-order valence-electron chi connectivity index (χ3n) is 3.43. The third-order valence-corrected chi connectivity index (χ3v) is 4.51. The van der Waals surface area contributed by atoms with E-state index in [0.717, 1.165) is 25.3 Å². The zero-order chi connectivity index (χ0) is 15.1. The molecule has 2 aromatic rings. The van der Waals surface area contributed by atoms with Gasteiger partial charge in [0.1, 0.15) is 0 Å². The standard InChI is InChI=1S/C17H25N3S/c1-4-9-18-17(15-11-19-20(5-2)12-15)13-21-16-8-6-7-14(3)10-16/h6-8,10-12,17-18H,4-5,9,13H2,1-3H3. The maximum absolute atomic E-state index is 4.40. The van der Waals surface area contributed by atoms with E-state index in [1.54, 1.807) is 0 Å². The minimum atomic E-state index is 0.357. The summed E-state index contributed by atoms with van der Waals surface area (Å²) >= 11 is 1.91. The number of nitrogens with zero attached hydrogens (tertiary/aromatic N) is 2. The first-order valence-corrected chi connectivity index (χ1v) is 8.66. The summed E-state index contributed by atoms with van der Waals surface area (Å²) in [5.74, 6) is 1.03. The highest BCUT2D eigenvalue weighted by atomic mass is 32.2. The number of aromatic nitrogens is 2. The fraction of sp³-hybridized carbons (Fsp3) is 0.471. The van der Waals surface area contributed by atoms with Crippen LogP contribution in [0.3, 0.4) is 0 Å². The quantitative estimate of drug-likeness (QED) is 0.746. The summed E-state index contributed by atoms with van der Waals surface area (Å²) < 4.78 is 1.99. The number of nitrogens with one attached hydrogen (secondary N) is 1. The Hall–Kier alpha value is -1.26. The first-order valence-electron chi connectivity index (χ1n) is 7.68. The van der Waals surface area contributed by atoms with E-state index in [1.807, 2.05) is 22.6 Å². The van der Waals surface area contributed by atoms with Crippen molar-refractivity contribution in [3.05, 3.63) is 47.8 Å². The highest BCUT2D eigenvalue weighted by Crippen LogP contribution is 2.25. The fourth-order valence-electron chi connectivity index (χ4n) is 2.21. The van der Waals surface area contributed by atoms with Crippen molar-refractivity contribution in [1.82, 2.24) is 15.1 Å². The maximum Gasteiger partial charge on any atom is 0.0537 e. The highest BCUT2D eigenvalue weighted by molar-refractivity contribution is 7.99. The van der Waals surface area contributed by atoms with Crippen LogP contribution in [-0.2, 0) is 6.54 Å². The molecule has 1 heterocycles. The predicted molar refractivity (Wildman–Crippen MR) is 90.8 cm³/mol. The number of hydrogen-bond donors (Lipinski definition) is 1. The highest BCUT2D eigenvalue weighted by Gasteiger charge is 2.13. The lowest BCUT2D eigenvalue weighted by Crippen LogP contribution is -2.23. The zero-order valence-electron chi connectivity index (χ0n) is 13.2. The average molecular weight is 303 g/mol. The predicted octanol–water partition coefficient (Wildman–Crippen LogP) is 4.04. The Labute approximate surface area is 132 Å². The normalized spacial score (nSPS) is 12.5. The molecule has 0 saturated carbocycles. The van der Waals surface area contributed by atoms with Gasteiger partial charge in [0.15, 0.2) is 0 Å². The molecular formula is C17H25N3S. The Kier molecular flexibility index (Phi) is 6.33. The van der Waals surface area contributed by atoms with Crippen LogP contribution in [-0.4, -0.2) is 22.1 Å². The van der Waals surface area contributed by atoms with Crippen molar-refractivity contribution < 1.29 is 0 Å². The molecule has 114 valence electrons. The topological polar surface area (TPSA) is 29.9 Å². The summed E-state index contributed by atoms with van der Waals surface area (Å²) in [6, 6.07) is 9.06. The monoisotopic (exact) mass is 303 g/mol. The van der Waals surface area contributed by atoms with E-state index in [1.165, 1.54) is 16.0 Å². The van der Waals surface area contributed by atoms with E-state index in [0.29, 0.717) is 6.04 Å². The van der Waals surface area contributed by atoms with Crippen LogP contribution < -0.4 is 5.32 Å². The number of benzene rings is 1. The van der Waals surface area contributed by atoms with Gasteiger partial charge in [-0.25, -0.2) is 0 Å². The summed E-state index contributed by atoms with van der Waals surface area (Å²) in [6.07, 6.45) is 5.30. The minimum Gasteiger partial charge on any atom is -0.309 e. The van der Waals surface area contributed by atoms with Gasteiger partial charge in [-0.15, -0.1) is 11.8 Å². The number of aryl methyl sites for hydroxylation is 2. The molecule has 0 spiro atoms. The molecule has 0 saturated heterocycles. The van der Waals surface area contributed by atoms with Gasteiger partial charge in [0.05, 0.1) is 6.20 Å². The van der Waals surface area contributed by atoms with Crippen molar-refractivity contribution >= 4 is 11.8 Å². The Morgan fingerprint density at radius 1 is 1.33 bits per heavy atom. The van der Waals surface area contributed by atoms with Crippen LogP contribution in [0.25, 0.3) is 0 Å². The second-order valence-corrected chi connectivity index (χ2v) is 6.36. The first kappa shape index (κ1) is 16.1. The van der Waals surface area contributed by atoms with E-state index in [2.05, 4.69) is 61.6 Å². The lowest BCUT2D eigenvalue weighted by atomic mass is 10.2. The van der Waals surface area contributed by atoms with Gasteiger partial charge in [0, 0.05) is 35.0 Å². The first-order chi connectivity index (χ1) is 10.2. The molecule has 0 radical (unpaired) electrons. The van der Waals surface area contributed by atoms with Crippen molar-refractivity contribution in [3.63, 3.8) is 0 Å². The molecule has 1 aromatic carbocycles. The molecule has 0 fully saturated rings. The van der Waals surface area contributed by atoms with Crippen molar-refractivity contribution in [1.29, 1.82) is 0 Å². The summed E-state index contributed by atoms with van der Waals surface area (Å²) in [5, 5.41) is 8.03. The lowest BCUT2D eigenvalue weighted by Gasteiger charge is -2.17. The molecule has 1 unspecified atom stereocenters. The third kappa shape index (κ3) is 4.90. The second kappa shape index (κ2) is 8.25. The summed E-state index contributed by atoms with van der Waals surface area (Å²) in [4.78, 5) is 1.33. The van der Waals surface area contributed by atoms with Gasteiger partial charge in [0.25, 0.3) is 0 Å². The average Bonchev–Trinajstić information content (AvgIpc) is 2.96. The molecule has 0 amide bonds. The van der Waals surface area contributed by atoms with Crippen LogP contribution >= 0.6 is 11.8 Å². The van der Waals surface area contributed by atoms with Crippen molar-refractivity contribution in [3.8, 4) is 0 Å². The van der Waals surface area contributed by atoms with Crippen molar-refractivity contribution in [2.75, 3.05) is 12.3 Å². The van der Waals surface area contributed by atoms with E-state index in [4.69, 9.17) is 0 Å². The maximum atomic E-state index is 4.40. The van der Waals surface area contributed by atoms with E-state index < -0.39 is 0 Å². The van der Waals surface area contributed by atoms with Crippen LogP contribution in [0, 0.1) is 6.92 Å². The van der Waals surface area contributed by atoms with Crippen LogP contribution in [0.2, 0.25) is 0 Å². The van der Waals surface area contributed by atoms with E-state index in [9.17, 15) is 0 Å². The van der Waals surface area contributed by atoms with Crippen molar-refractivity contribution in [2.45, 2.75) is 44.7 Å².